The Hall–Kier alpha value is 0.397. The second-order valence-corrected chi connectivity index (χ2v) is 13.1. The first kappa shape index (κ1) is 19.4. The summed E-state index contributed by atoms with van der Waals surface area (Å²) in [6.07, 6.45) is 5.80. The summed E-state index contributed by atoms with van der Waals surface area (Å²) in [5.74, 6) is 0.642. The maximum Gasteiger partial charge on any atom is 0.192 e. The lowest BCUT2D eigenvalue weighted by molar-refractivity contribution is 0.0788. The molecule has 0 aliphatic rings. The van der Waals surface area contributed by atoms with Crippen LogP contribution in [-0.4, -0.2) is 13.9 Å². The summed E-state index contributed by atoms with van der Waals surface area (Å²) in [4.78, 5) is 1.97. The Labute approximate surface area is 130 Å². The third kappa shape index (κ3) is 7.67. The van der Waals surface area contributed by atoms with Gasteiger partial charge in [0.15, 0.2) is 8.32 Å². The van der Waals surface area contributed by atoms with Gasteiger partial charge in [0.25, 0.3) is 0 Å². The highest BCUT2D eigenvalue weighted by Crippen LogP contribution is 2.40. The molecule has 0 spiro atoms. The van der Waals surface area contributed by atoms with Crippen LogP contribution in [0, 0.1) is 5.92 Å². The van der Waals surface area contributed by atoms with Crippen LogP contribution in [0.4, 0.5) is 0 Å². The minimum Gasteiger partial charge on any atom is -0.412 e. The van der Waals surface area contributed by atoms with Crippen LogP contribution in [0.15, 0.2) is 11.1 Å². The smallest absolute Gasteiger partial charge is 0.192 e. The topological polar surface area (TPSA) is 9.23 Å². The largest absolute Gasteiger partial charge is 0.412 e. The number of allylic oxidation sites excluding steroid dienone is 1. The molecule has 0 aromatic heterocycles. The van der Waals surface area contributed by atoms with Crippen molar-refractivity contribution in [3.63, 3.8) is 0 Å². The van der Waals surface area contributed by atoms with Crippen molar-refractivity contribution in [1.29, 1.82) is 0 Å². The molecule has 0 aromatic rings. The molecule has 0 amide bonds. The van der Waals surface area contributed by atoms with E-state index in [1.807, 2.05) is 4.99 Å². The van der Waals surface area contributed by atoms with Crippen LogP contribution in [0.5, 0.6) is 0 Å². The molecule has 114 valence electrons. The van der Waals surface area contributed by atoms with E-state index in [-0.39, 0.29) is 10.6 Å². The van der Waals surface area contributed by atoms with Crippen molar-refractivity contribution < 1.29 is 4.43 Å². The molecule has 0 bridgehead atoms. The summed E-state index contributed by atoms with van der Waals surface area (Å²) in [6.45, 7) is 18.3. The first-order chi connectivity index (χ1) is 8.41. The van der Waals surface area contributed by atoms with Crippen molar-refractivity contribution in [2.45, 2.75) is 84.5 Å². The van der Waals surface area contributed by atoms with Gasteiger partial charge in [0.1, 0.15) is 0 Å². The van der Waals surface area contributed by atoms with Crippen LogP contribution in [0.25, 0.3) is 0 Å². The fourth-order valence-electron chi connectivity index (χ4n) is 1.97. The van der Waals surface area contributed by atoms with Crippen LogP contribution in [0.3, 0.4) is 0 Å². The fraction of sp³-hybridized carbons (Fsp3) is 0.875. The second-order valence-electron chi connectivity index (χ2n) is 7.81. The molecule has 0 fully saturated rings. The van der Waals surface area contributed by atoms with Gasteiger partial charge in [-0.05, 0) is 55.7 Å². The van der Waals surface area contributed by atoms with E-state index in [0.717, 1.165) is 6.42 Å². The minimum atomic E-state index is -1.65. The molecule has 0 rings (SSSR count). The highest BCUT2D eigenvalue weighted by Gasteiger charge is 2.41. The van der Waals surface area contributed by atoms with E-state index in [0.29, 0.717) is 5.92 Å². The number of hydrogen-bond acceptors (Lipinski definition) is 1. The Balaban J connectivity index is 4.33. The molecule has 0 saturated carbocycles. The number of hydrogen-bond donors (Lipinski definition) is 0. The average Bonchev–Trinajstić information content (AvgIpc) is 2.13. The normalized spacial score (nSPS) is 16.1. The highest BCUT2D eigenvalue weighted by atomic mass is 79.9. The van der Waals surface area contributed by atoms with Crippen LogP contribution >= 0.6 is 15.9 Å². The average molecular weight is 349 g/mol. The molecule has 1 atom stereocenters. The predicted molar refractivity (Wildman–Crippen MR) is 93.4 cm³/mol. The first-order valence-electron chi connectivity index (χ1n) is 7.38. The Morgan fingerprint density at radius 1 is 1.16 bits per heavy atom. The van der Waals surface area contributed by atoms with Crippen molar-refractivity contribution in [1.82, 2.24) is 0 Å². The van der Waals surface area contributed by atoms with Gasteiger partial charge in [0, 0.05) is 0 Å². The lowest BCUT2D eigenvalue weighted by Gasteiger charge is -2.43. The zero-order valence-electron chi connectivity index (χ0n) is 14.1. The van der Waals surface area contributed by atoms with E-state index in [2.05, 4.69) is 76.6 Å². The molecule has 19 heavy (non-hydrogen) atoms. The van der Waals surface area contributed by atoms with Gasteiger partial charge in [-0.25, -0.2) is 0 Å². The Morgan fingerprint density at radius 3 is 2.11 bits per heavy atom. The molecule has 0 N–H and O–H groups in total. The Bertz CT molecular complexity index is 290. The Kier molecular flexibility index (Phi) is 7.57. The van der Waals surface area contributed by atoms with E-state index in [4.69, 9.17) is 4.43 Å². The number of rotatable bonds is 7. The van der Waals surface area contributed by atoms with Crippen molar-refractivity contribution >= 4 is 24.2 Å². The van der Waals surface area contributed by atoms with Crippen molar-refractivity contribution in [2.24, 2.45) is 5.92 Å². The molecule has 1 nitrogen and oxygen atoms in total. The third-order valence-corrected chi connectivity index (χ3v) is 9.16. The SMILES string of the molecule is CC(C=CBr)CCCC(C)(C)O[Si](C)(C)C(C)(C)C. The maximum atomic E-state index is 6.54. The molecular weight excluding hydrogens is 316 g/mol. The summed E-state index contributed by atoms with van der Waals surface area (Å²) in [7, 11) is -1.65. The van der Waals surface area contributed by atoms with Crippen molar-refractivity contribution in [3.05, 3.63) is 11.1 Å². The standard InChI is InChI=1S/C16H33BrOSi/c1-14(11-13-17)10-9-12-16(5,6)18-19(7,8)15(2,3)4/h11,13-14H,9-10,12H2,1-8H3. The molecule has 3 heteroatoms. The number of halogens is 1. The zero-order valence-corrected chi connectivity index (χ0v) is 16.7. The molecule has 0 saturated heterocycles. The van der Waals surface area contributed by atoms with Crippen LogP contribution in [-0.2, 0) is 4.43 Å². The quantitative estimate of drug-likeness (QED) is 0.477. The summed E-state index contributed by atoms with van der Waals surface area (Å²) in [5.41, 5.74) is 0.000832. The molecular formula is C16H33BrOSi. The summed E-state index contributed by atoms with van der Waals surface area (Å²) < 4.78 is 6.54. The minimum absolute atomic E-state index is 0.000832. The van der Waals surface area contributed by atoms with E-state index in [9.17, 15) is 0 Å². The monoisotopic (exact) mass is 348 g/mol. The molecule has 0 heterocycles. The van der Waals surface area contributed by atoms with E-state index in [1.165, 1.54) is 12.8 Å². The first-order valence-corrected chi connectivity index (χ1v) is 11.2. The maximum absolute atomic E-state index is 6.54. The lowest BCUT2D eigenvalue weighted by atomic mass is 9.97. The van der Waals surface area contributed by atoms with Crippen molar-refractivity contribution in [2.75, 3.05) is 0 Å². The van der Waals surface area contributed by atoms with Gasteiger partial charge in [0.2, 0.25) is 0 Å². The van der Waals surface area contributed by atoms with Gasteiger partial charge in [-0.1, -0.05) is 56.1 Å². The van der Waals surface area contributed by atoms with E-state index in [1.54, 1.807) is 0 Å². The van der Waals surface area contributed by atoms with Gasteiger partial charge in [-0.3, -0.25) is 0 Å². The summed E-state index contributed by atoms with van der Waals surface area (Å²) in [6, 6.07) is 0. The van der Waals surface area contributed by atoms with Gasteiger partial charge >= 0.3 is 0 Å². The van der Waals surface area contributed by atoms with Crippen LogP contribution in [0.1, 0.15) is 60.8 Å². The molecule has 0 aliphatic carbocycles. The molecule has 0 aliphatic heterocycles. The van der Waals surface area contributed by atoms with Gasteiger partial charge in [-0.2, -0.15) is 0 Å². The lowest BCUT2D eigenvalue weighted by Crippen LogP contribution is -2.47. The second kappa shape index (κ2) is 7.42. The molecule has 0 radical (unpaired) electrons. The van der Waals surface area contributed by atoms with E-state index < -0.39 is 8.32 Å². The zero-order chi connectivity index (χ0) is 15.3. The molecule has 1 unspecified atom stereocenters. The summed E-state index contributed by atoms with van der Waals surface area (Å²) in [5, 5.41) is 0.288. The van der Waals surface area contributed by atoms with Crippen LogP contribution < -0.4 is 0 Å². The van der Waals surface area contributed by atoms with Crippen LogP contribution in [0.2, 0.25) is 18.1 Å². The van der Waals surface area contributed by atoms with Crippen molar-refractivity contribution in [3.8, 4) is 0 Å². The third-order valence-electron chi connectivity index (χ3n) is 4.18. The highest BCUT2D eigenvalue weighted by molar-refractivity contribution is 9.11. The predicted octanol–water partition coefficient (Wildman–Crippen LogP) is 6.50. The Morgan fingerprint density at radius 2 is 1.68 bits per heavy atom. The van der Waals surface area contributed by atoms with Gasteiger partial charge in [-0.15, -0.1) is 0 Å². The molecule has 0 aromatic carbocycles. The van der Waals surface area contributed by atoms with E-state index >= 15 is 0 Å². The summed E-state index contributed by atoms with van der Waals surface area (Å²) >= 11 is 3.34. The van der Waals surface area contributed by atoms with Gasteiger partial charge in [0.05, 0.1) is 5.60 Å². The fourth-order valence-corrected chi connectivity index (χ4v) is 4.28. The van der Waals surface area contributed by atoms with Gasteiger partial charge < -0.3 is 4.43 Å².